The van der Waals surface area contributed by atoms with E-state index < -0.39 is 5.97 Å². The molecular weight excluding hydrogens is 464 g/mol. The summed E-state index contributed by atoms with van der Waals surface area (Å²) < 4.78 is 5.86. The number of nitrogens with zero attached hydrogens (tertiary/aromatic N) is 1. The van der Waals surface area contributed by atoms with Gasteiger partial charge in [-0.25, -0.2) is 0 Å². The quantitative estimate of drug-likeness (QED) is 0.208. The number of aliphatic carboxylic acids is 1. The molecule has 0 aliphatic heterocycles. The molecule has 0 spiro atoms. The molecule has 4 aromatic rings. The first-order valence-corrected chi connectivity index (χ1v) is 12.8. The molecule has 0 aliphatic rings. The molecule has 4 rings (SSSR count). The molecule has 0 saturated heterocycles. The predicted molar refractivity (Wildman–Crippen MR) is 147 cm³/mol. The van der Waals surface area contributed by atoms with Crippen molar-refractivity contribution in [3.8, 4) is 16.9 Å². The number of rotatable bonds is 12. The molecule has 6 heteroatoms. The number of carbonyl (C=O) groups is 2. The van der Waals surface area contributed by atoms with E-state index >= 15 is 0 Å². The smallest absolute Gasteiger partial charge is 0.303 e. The van der Waals surface area contributed by atoms with Crippen LogP contribution in [-0.4, -0.2) is 39.5 Å². The first-order valence-electron chi connectivity index (χ1n) is 12.8. The highest BCUT2D eigenvalue weighted by molar-refractivity contribution is 5.95. The van der Waals surface area contributed by atoms with Crippen LogP contribution in [0, 0.1) is 0 Å². The summed E-state index contributed by atoms with van der Waals surface area (Å²) in [5.74, 6) is -0.00963. The molecule has 1 heterocycles. The highest BCUT2D eigenvalue weighted by Gasteiger charge is 2.19. The summed E-state index contributed by atoms with van der Waals surface area (Å²) in [7, 11) is 0. The Morgan fingerprint density at radius 1 is 0.919 bits per heavy atom. The van der Waals surface area contributed by atoms with Crippen molar-refractivity contribution in [1.29, 1.82) is 0 Å². The van der Waals surface area contributed by atoms with Crippen molar-refractivity contribution in [2.75, 3.05) is 6.61 Å². The minimum atomic E-state index is -0.761. The molecule has 0 bridgehead atoms. The van der Waals surface area contributed by atoms with Crippen LogP contribution in [0.3, 0.4) is 0 Å². The molecule has 0 saturated carbocycles. The van der Waals surface area contributed by atoms with Gasteiger partial charge in [-0.3, -0.25) is 9.59 Å². The number of carbonyl (C=O) groups excluding carboxylic acids is 1. The fourth-order valence-electron chi connectivity index (χ4n) is 4.36. The molecule has 2 N–H and O–H groups in total. The lowest BCUT2D eigenvalue weighted by Gasteiger charge is -2.27. The lowest BCUT2D eigenvalue weighted by atomic mass is 10.0. The van der Waals surface area contributed by atoms with E-state index in [4.69, 9.17) is 9.84 Å². The number of nitrogens with one attached hydrogen (secondary N) is 1. The third kappa shape index (κ3) is 7.00. The van der Waals surface area contributed by atoms with E-state index in [9.17, 15) is 9.59 Å². The van der Waals surface area contributed by atoms with E-state index in [1.54, 1.807) is 0 Å². The Balaban J connectivity index is 1.38. The maximum Gasteiger partial charge on any atom is 0.303 e. The number of H-pyrrole nitrogens is 1. The molecule has 37 heavy (non-hydrogen) atoms. The zero-order valence-corrected chi connectivity index (χ0v) is 21.4. The standard InChI is InChI=1S/C31H34N2O4/c1-22(2)33(21-23-7-6-8-28(19-23)37-18-5-3-4-9-30(34)35)31(36)26-13-10-24(11-14-26)27-15-12-25-16-17-32-29(25)20-27/h6-8,10-17,19-20,22,32H,3-5,9,18,21H2,1-2H3,(H,34,35). The summed E-state index contributed by atoms with van der Waals surface area (Å²) in [5, 5.41) is 9.90. The predicted octanol–water partition coefficient (Wildman–Crippen LogP) is 6.91. The van der Waals surface area contributed by atoms with Gasteiger partial charge in [0.1, 0.15) is 5.75 Å². The maximum atomic E-state index is 13.4. The molecule has 0 unspecified atom stereocenters. The van der Waals surface area contributed by atoms with Gasteiger partial charge in [-0.1, -0.05) is 36.4 Å². The number of fused-ring (bicyclic) bond motifs is 1. The number of amides is 1. The van der Waals surface area contributed by atoms with Crippen molar-refractivity contribution in [2.24, 2.45) is 0 Å². The first-order chi connectivity index (χ1) is 17.9. The number of aromatic nitrogens is 1. The monoisotopic (exact) mass is 498 g/mol. The number of hydrogen-bond acceptors (Lipinski definition) is 3. The Labute approximate surface area is 217 Å². The number of aromatic amines is 1. The Morgan fingerprint density at radius 2 is 1.70 bits per heavy atom. The fourth-order valence-corrected chi connectivity index (χ4v) is 4.36. The molecule has 0 atom stereocenters. The molecule has 3 aromatic carbocycles. The van der Waals surface area contributed by atoms with Gasteiger partial charge < -0.3 is 19.7 Å². The van der Waals surface area contributed by atoms with E-state index in [-0.39, 0.29) is 18.4 Å². The first kappa shape index (κ1) is 26.0. The van der Waals surface area contributed by atoms with E-state index in [1.165, 1.54) is 5.39 Å². The molecule has 1 amide bonds. The van der Waals surface area contributed by atoms with Crippen LogP contribution < -0.4 is 4.74 Å². The van der Waals surface area contributed by atoms with Gasteiger partial charge in [-0.2, -0.15) is 0 Å². The van der Waals surface area contributed by atoms with Crippen LogP contribution in [0.25, 0.3) is 22.0 Å². The van der Waals surface area contributed by atoms with Gasteiger partial charge >= 0.3 is 5.97 Å². The second kappa shape index (κ2) is 12.3. The largest absolute Gasteiger partial charge is 0.494 e. The lowest BCUT2D eigenvalue weighted by molar-refractivity contribution is -0.137. The normalized spacial score (nSPS) is 11.1. The van der Waals surface area contributed by atoms with E-state index in [2.05, 4.69) is 23.2 Å². The summed E-state index contributed by atoms with van der Waals surface area (Å²) in [5.41, 5.74) is 4.92. The van der Waals surface area contributed by atoms with E-state index in [1.807, 2.05) is 79.5 Å². The van der Waals surface area contributed by atoms with Gasteiger partial charge in [0, 0.05) is 36.3 Å². The SMILES string of the molecule is CC(C)N(Cc1cccc(OCCCCCC(=O)O)c1)C(=O)c1ccc(-c2ccc3cc[nH]c3c2)cc1. The zero-order valence-electron chi connectivity index (χ0n) is 21.4. The number of carboxylic acids is 1. The van der Waals surface area contributed by atoms with Crippen molar-refractivity contribution in [1.82, 2.24) is 9.88 Å². The number of unbranched alkanes of at least 4 members (excludes halogenated alkanes) is 2. The summed E-state index contributed by atoms with van der Waals surface area (Å²) >= 11 is 0. The molecule has 6 nitrogen and oxygen atoms in total. The highest BCUT2D eigenvalue weighted by atomic mass is 16.5. The van der Waals surface area contributed by atoms with E-state index in [0.29, 0.717) is 25.1 Å². The third-order valence-corrected chi connectivity index (χ3v) is 6.46. The topological polar surface area (TPSA) is 82.6 Å². The third-order valence-electron chi connectivity index (χ3n) is 6.46. The van der Waals surface area contributed by atoms with Crippen molar-refractivity contribution in [3.05, 3.63) is 90.1 Å². The van der Waals surface area contributed by atoms with Gasteiger partial charge in [0.05, 0.1) is 6.61 Å². The molecule has 0 radical (unpaired) electrons. The maximum absolute atomic E-state index is 13.4. The minimum Gasteiger partial charge on any atom is -0.494 e. The van der Waals surface area contributed by atoms with Gasteiger partial charge in [0.2, 0.25) is 0 Å². The summed E-state index contributed by atoms with van der Waals surface area (Å²) in [6.07, 6.45) is 4.42. The average Bonchev–Trinajstić information content (AvgIpc) is 3.37. The highest BCUT2D eigenvalue weighted by Crippen LogP contribution is 2.25. The molecule has 1 aromatic heterocycles. The summed E-state index contributed by atoms with van der Waals surface area (Å²) in [4.78, 5) is 29.2. The number of hydrogen-bond donors (Lipinski definition) is 2. The van der Waals surface area contributed by atoms with Crippen LogP contribution in [-0.2, 0) is 11.3 Å². The van der Waals surface area contributed by atoms with Gasteiger partial charge in [-0.05, 0) is 91.6 Å². The van der Waals surface area contributed by atoms with Crippen molar-refractivity contribution in [2.45, 2.75) is 52.1 Å². The summed E-state index contributed by atoms with van der Waals surface area (Å²) in [6, 6.07) is 24.0. The Kier molecular flexibility index (Phi) is 8.62. The summed E-state index contributed by atoms with van der Waals surface area (Å²) in [6.45, 7) is 5.07. The van der Waals surface area contributed by atoms with Gasteiger partial charge in [-0.15, -0.1) is 0 Å². The lowest BCUT2D eigenvalue weighted by Crippen LogP contribution is -2.36. The molecular formula is C31H34N2O4. The second-order valence-corrected chi connectivity index (χ2v) is 9.58. The van der Waals surface area contributed by atoms with Crippen LogP contribution in [0.15, 0.2) is 79.0 Å². The van der Waals surface area contributed by atoms with Gasteiger partial charge in [0.25, 0.3) is 5.91 Å². The van der Waals surface area contributed by atoms with Crippen molar-refractivity contribution >= 4 is 22.8 Å². The number of benzene rings is 3. The van der Waals surface area contributed by atoms with Gasteiger partial charge in [0.15, 0.2) is 0 Å². The Hall–Kier alpha value is -4.06. The average molecular weight is 499 g/mol. The minimum absolute atomic E-state index is 0.00822. The van der Waals surface area contributed by atoms with Crippen LogP contribution in [0.4, 0.5) is 0 Å². The molecule has 0 fully saturated rings. The zero-order chi connectivity index (χ0) is 26.2. The van der Waals surface area contributed by atoms with Crippen LogP contribution in [0.2, 0.25) is 0 Å². The number of ether oxygens (including phenoxy) is 1. The molecule has 192 valence electrons. The van der Waals surface area contributed by atoms with Crippen molar-refractivity contribution in [3.63, 3.8) is 0 Å². The number of carboxylic acid groups (broad SMARTS) is 1. The second-order valence-electron chi connectivity index (χ2n) is 9.58. The Morgan fingerprint density at radius 3 is 2.46 bits per heavy atom. The fraction of sp³-hybridized carbons (Fsp3) is 0.290. The van der Waals surface area contributed by atoms with E-state index in [0.717, 1.165) is 40.8 Å². The van der Waals surface area contributed by atoms with Crippen LogP contribution in [0.1, 0.15) is 55.5 Å². The van der Waals surface area contributed by atoms with Crippen LogP contribution in [0.5, 0.6) is 5.75 Å². The van der Waals surface area contributed by atoms with Crippen LogP contribution >= 0.6 is 0 Å². The van der Waals surface area contributed by atoms with Crippen molar-refractivity contribution < 1.29 is 19.4 Å². The Bertz CT molecular complexity index is 1340. The molecule has 0 aliphatic carbocycles.